The summed E-state index contributed by atoms with van der Waals surface area (Å²) in [6, 6.07) is 9.04. The van der Waals surface area contributed by atoms with E-state index in [2.05, 4.69) is 0 Å². The number of fused-ring (bicyclic) bond motifs is 1. The molecule has 0 fully saturated rings. The number of benzene rings is 1. The Morgan fingerprint density at radius 2 is 1.95 bits per heavy atom. The lowest BCUT2D eigenvalue weighted by molar-refractivity contribution is -0.684. The number of aromatic nitrogens is 1. The van der Waals surface area contributed by atoms with Gasteiger partial charge < -0.3 is 0 Å². The molecule has 1 aliphatic rings. The van der Waals surface area contributed by atoms with Gasteiger partial charge in [-0.25, -0.2) is 8.42 Å². The zero-order chi connectivity index (χ0) is 13.5. The third kappa shape index (κ3) is 2.46. The van der Waals surface area contributed by atoms with E-state index in [0.717, 1.165) is 10.6 Å². The molecule has 0 saturated heterocycles. The Hall–Kier alpha value is -1.53. The number of rotatable bonds is 3. The summed E-state index contributed by atoms with van der Waals surface area (Å²) in [4.78, 5) is 13.0. The molecule has 1 aromatic heterocycles. The van der Waals surface area contributed by atoms with Crippen LogP contribution in [0.3, 0.4) is 0 Å². The van der Waals surface area contributed by atoms with E-state index in [0.29, 0.717) is 5.56 Å². The Labute approximate surface area is 115 Å². The first kappa shape index (κ1) is 12.5. The van der Waals surface area contributed by atoms with Gasteiger partial charge in [0.25, 0.3) is 0 Å². The van der Waals surface area contributed by atoms with E-state index in [9.17, 15) is 13.2 Å². The van der Waals surface area contributed by atoms with Gasteiger partial charge in [0.05, 0.1) is 10.6 Å². The van der Waals surface area contributed by atoms with Crippen LogP contribution in [0.2, 0.25) is 0 Å². The van der Waals surface area contributed by atoms with Crippen molar-refractivity contribution in [3.05, 3.63) is 52.0 Å². The Bertz CT molecular complexity index is 733. The van der Waals surface area contributed by atoms with Gasteiger partial charge in [0.1, 0.15) is 5.75 Å². The number of thiazole rings is 1. The predicted octanol–water partition coefficient (Wildman–Crippen LogP) is 1.35. The number of hydrogen-bond acceptors (Lipinski definition) is 4. The van der Waals surface area contributed by atoms with E-state index in [1.165, 1.54) is 11.3 Å². The van der Waals surface area contributed by atoms with Crippen LogP contribution in [-0.4, -0.2) is 14.2 Å². The number of carbonyl (C=O) groups excluding carboxylic acids is 1. The van der Waals surface area contributed by atoms with Crippen molar-refractivity contribution >= 4 is 27.0 Å². The molecule has 0 radical (unpaired) electrons. The molecule has 98 valence electrons. The summed E-state index contributed by atoms with van der Waals surface area (Å²) in [6.45, 7) is 0.200. The van der Waals surface area contributed by atoms with Crippen LogP contribution >= 0.6 is 11.3 Å². The van der Waals surface area contributed by atoms with E-state index in [1.807, 2.05) is 23.7 Å². The fourth-order valence-electron chi connectivity index (χ4n) is 2.16. The highest BCUT2D eigenvalue weighted by atomic mass is 32.2. The molecule has 6 heteroatoms. The summed E-state index contributed by atoms with van der Waals surface area (Å²) in [7, 11) is -3.01. The van der Waals surface area contributed by atoms with Crippen molar-refractivity contribution in [2.75, 3.05) is 0 Å². The number of ketones is 1. The minimum atomic E-state index is -3.01. The zero-order valence-electron chi connectivity index (χ0n) is 10.1. The molecule has 0 unspecified atom stereocenters. The number of nitrogens with zero attached hydrogens (tertiary/aromatic N) is 1. The molecule has 3 rings (SSSR count). The van der Waals surface area contributed by atoms with Gasteiger partial charge in [0.15, 0.2) is 9.84 Å². The van der Waals surface area contributed by atoms with Gasteiger partial charge in [-0.3, -0.25) is 4.79 Å². The van der Waals surface area contributed by atoms with Gasteiger partial charge in [-0.1, -0.05) is 41.7 Å². The number of sulfone groups is 1. The molecular formula is C13H12NO3S2+. The lowest BCUT2D eigenvalue weighted by Gasteiger charge is -1.97. The van der Waals surface area contributed by atoms with E-state index in [-0.39, 0.29) is 23.8 Å². The normalized spacial score (nSPS) is 16.2. The lowest BCUT2D eigenvalue weighted by Crippen LogP contribution is -2.39. The van der Waals surface area contributed by atoms with Crippen molar-refractivity contribution in [1.29, 1.82) is 0 Å². The van der Waals surface area contributed by atoms with Crippen LogP contribution in [0, 0.1) is 0 Å². The summed E-state index contributed by atoms with van der Waals surface area (Å²) in [5, 5.41) is 0. The van der Waals surface area contributed by atoms with E-state index >= 15 is 0 Å². The second-order valence-corrected chi connectivity index (χ2v) is 7.55. The quantitative estimate of drug-likeness (QED) is 0.634. The minimum absolute atomic E-state index is 0.00417. The van der Waals surface area contributed by atoms with Crippen LogP contribution in [-0.2, 0) is 27.9 Å². The van der Waals surface area contributed by atoms with Crippen molar-refractivity contribution in [2.45, 2.75) is 18.1 Å². The van der Waals surface area contributed by atoms with Gasteiger partial charge >= 0.3 is 0 Å². The first-order valence-corrected chi connectivity index (χ1v) is 8.53. The monoisotopic (exact) mass is 294 g/mol. The highest BCUT2D eigenvalue weighted by Crippen LogP contribution is 2.26. The van der Waals surface area contributed by atoms with Gasteiger partial charge in [0, 0.05) is 5.56 Å². The Morgan fingerprint density at radius 3 is 2.68 bits per heavy atom. The summed E-state index contributed by atoms with van der Waals surface area (Å²) in [5.74, 6) is 0.156. The summed E-state index contributed by atoms with van der Waals surface area (Å²) in [6.07, 6.45) is 0. The summed E-state index contributed by atoms with van der Waals surface area (Å²) >= 11 is 1.41. The maximum Gasteiger partial charge on any atom is 0.227 e. The van der Waals surface area contributed by atoms with Crippen LogP contribution in [0.5, 0.6) is 0 Å². The van der Waals surface area contributed by atoms with E-state index < -0.39 is 9.84 Å². The first-order valence-electron chi connectivity index (χ1n) is 5.82. The lowest BCUT2D eigenvalue weighted by atomic mass is 10.1. The van der Waals surface area contributed by atoms with E-state index in [1.54, 1.807) is 16.7 Å². The van der Waals surface area contributed by atoms with Crippen molar-refractivity contribution in [3.8, 4) is 0 Å². The molecule has 4 nitrogen and oxygen atoms in total. The molecule has 0 saturated carbocycles. The molecule has 19 heavy (non-hydrogen) atoms. The molecule has 0 bridgehead atoms. The Balaban J connectivity index is 1.85. The van der Waals surface area contributed by atoms with Gasteiger partial charge in [-0.05, 0) is 0 Å². The SMILES string of the molecule is O=C(C[n+]1csc2c1CS(=O)(=O)C2)c1ccccc1. The van der Waals surface area contributed by atoms with Gasteiger partial charge in [0.2, 0.25) is 23.5 Å². The third-order valence-corrected chi connectivity index (χ3v) is 5.76. The maximum atomic E-state index is 12.1. The van der Waals surface area contributed by atoms with Gasteiger partial charge in [-0.15, -0.1) is 0 Å². The second kappa shape index (κ2) is 4.54. The minimum Gasteiger partial charge on any atom is -0.287 e. The van der Waals surface area contributed by atoms with Crippen LogP contribution in [0.4, 0.5) is 0 Å². The number of carbonyl (C=O) groups is 1. The molecule has 2 aromatic rings. The zero-order valence-corrected chi connectivity index (χ0v) is 11.7. The largest absolute Gasteiger partial charge is 0.287 e. The molecule has 0 aliphatic carbocycles. The molecule has 0 spiro atoms. The standard InChI is InChI=1S/C13H12NO3S2/c15-12(10-4-2-1-3-5-10)6-14-9-18-13-8-19(16,17)7-11(13)14/h1-5,9H,6-8H2/q+1. The Morgan fingerprint density at radius 1 is 1.21 bits per heavy atom. The molecule has 2 heterocycles. The van der Waals surface area contributed by atoms with Crippen LogP contribution in [0.15, 0.2) is 35.8 Å². The third-order valence-electron chi connectivity index (χ3n) is 3.11. The van der Waals surface area contributed by atoms with Crippen LogP contribution in [0.1, 0.15) is 20.9 Å². The number of Topliss-reactive ketones (excluding diaryl/α,β-unsaturated/α-hetero) is 1. The summed E-state index contributed by atoms with van der Waals surface area (Å²) in [5.41, 5.74) is 3.25. The molecule has 0 atom stereocenters. The van der Waals surface area contributed by atoms with Crippen LogP contribution in [0.25, 0.3) is 0 Å². The smallest absolute Gasteiger partial charge is 0.227 e. The molecule has 0 N–H and O–H groups in total. The van der Waals surface area contributed by atoms with Crippen molar-refractivity contribution in [3.63, 3.8) is 0 Å². The predicted molar refractivity (Wildman–Crippen MR) is 71.6 cm³/mol. The number of hydrogen-bond donors (Lipinski definition) is 0. The Kier molecular flexibility index (Phi) is 2.99. The molecule has 1 aliphatic heterocycles. The highest BCUT2D eigenvalue weighted by molar-refractivity contribution is 7.90. The second-order valence-electron chi connectivity index (χ2n) is 4.54. The van der Waals surface area contributed by atoms with Crippen molar-refractivity contribution in [1.82, 2.24) is 0 Å². The summed E-state index contributed by atoms with van der Waals surface area (Å²) < 4.78 is 24.9. The average molecular weight is 294 g/mol. The molecule has 1 aromatic carbocycles. The highest BCUT2D eigenvalue weighted by Gasteiger charge is 2.35. The molecule has 0 amide bonds. The fourth-order valence-corrected chi connectivity index (χ4v) is 5.27. The van der Waals surface area contributed by atoms with Crippen LogP contribution < -0.4 is 4.57 Å². The van der Waals surface area contributed by atoms with Gasteiger partial charge in [-0.2, -0.15) is 4.57 Å². The fraction of sp³-hybridized carbons (Fsp3) is 0.231. The van der Waals surface area contributed by atoms with Crippen molar-refractivity contribution < 1.29 is 17.8 Å². The molecular weight excluding hydrogens is 282 g/mol. The van der Waals surface area contributed by atoms with E-state index in [4.69, 9.17) is 0 Å². The average Bonchev–Trinajstić information content (AvgIpc) is 2.87. The van der Waals surface area contributed by atoms with Crippen molar-refractivity contribution in [2.24, 2.45) is 0 Å². The first-order chi connectivity index (χ1) is 9.05. The maximum absolute atomic E-state index is 12.1. The topological polar surface area (TPSA) is 55.1 Å².